The first-order chi connectivity index (χ1) is 8.84. The Morgan fingerprint density at radius 3 is 2.68 bits per heavy atom. The van der Waals surface area contributed by atoms with Gasteiger partial charge in [-0.15, -0.1) is 11.8 Å². The number of alkyl halides is 3. The van der Waals surface area contributed by atoms with Gasteiger partial charge in [0.1, 0.15) is 0 Å². The summed E-state index contributed by atoms with van der Waals surface area (Å²) in [6, 6.07) is 3.23. The number of anilines is 1. The van der Waals surface area contributed by atoms with Crippen molar-refractivity contribution in [2.45, 2.75) is 25.9 Å². The zero-order valence-electron chi connectivity index (χ0n) is 10.1. The molecule has 0 saturated carbocycles. The van der Waals surface area contributed by atoms with Crippen molar-refractivity contribution in [3.63, 3.8) is 0 Å². The molecular weight excluding hydrogens is 279 g/mol. The fraction of sp³-hybridized carbons (Fsp3) is 0.308. The van der Waals surface area contributed by atoms with E-state index in [9.17, 15) is 18.0 Å². The van der Waals surface area contributed by atoms with E-state index < -0.39 is 22.7 Å². The molecule has 0 heterocycles. The van der Waals surface area contributed by atoms with E-state index in [1.165, 1.54) is 6.07 Å². The normalized spacial score (nSPS) is 10.6. The lowest BCUT2D eigenvalue weighted by atomic mass is 10.2. The van der Waals surface area contributed by atoms with Gasteiger partial charge in [-0.3, -0.25) is 4.79 Å². The summed E-state index contributed by atoms with van der Waals surface area (Å²) >= 11 is 5.47. The van der Waals surface area contributed by atoms with Gasteiger partial charge in [0.25, 0.3) is 0 Å². The predicted molar refractivity (Wildman–Crippen MR) is 67.8 cm³/mol. The van der Waals surface area contributed by atoms with Crippen molar-refractivity contribution >= 4 is 23.2 Å². The van der Waals surface area contributed by atoms with Gasteiger partial charge in [0.05, 0.1) is 10.6 Å². The van der Waals surface area contributed by atoms with Crippen LogP contribution in [-0.4, -0.2) is 5.91 Å². The van der Waals surface area contributed by atoms with Crippen LogP contribution in [0.4, 0.5) is 18.9 Å². The minimum absolute atomic E-state index is 0.0613. The first kappa shape index (κ1) is 15.4. The van der Waals surface area contributed by atoms with Gasteiger partial charge < -0.3 is 5.32 Å². The van der Waals surface area contributed by atoms with Crippen LogP contribution >= 0.6 is 11.6 Å². The van der Waals surface area contributed by atoms with Crippen LogP contribution < -0.4 is 5.32 Å². The number of carbonyl (C=O) groups excluding carboxylic acids is 1. The van der Waals surface area contributed by atoms with E-state index in [0.29, 0.717) is 6.42 Å². The zero-order valence-corrected chi connectivity index (χ0v) is 10.8. The second-order valence-electron chi connectivity index (χ2n) is 3.67. The third kappa shape index (κ3) is 4.84. The Kier molecular flexibility index (Phi) is 5.25. The summed E-state index contributed by atoms with van der Waals surface area (Å²) in [7, 11) is 0. The van der Waals surface area contributed by atoms with Crippen LogP contribution in [0.15, 0.2) is 18.2 Å². The Hall–Kier alpha value is -1.67. The molecule has 19 heavy (non-hydrogen) atoms. The predicted octanol–water partition coefficient (Wildman–Crippen LogP) is 4.10. The van der Waals surface area contributed by atoms with Gasteiger partial charge in [0.15, 0.2) is 0 Å². The van der Waals surface area contributed by atoms with Gasteiger partial charge in [0, 0.05) is 18.5 Å². The summed E-state index contributed by atoms with van der Waals surface area (Å²) in [6.07, 6.45) is -4.06. The summed E-state index contributed by atoms with van der Waals surface area (Å²) in [4.78, 5) is 11.4. The Morgan fingerprint density at radius 2 is 2.11 bits per heavy atom. The van der Waals surface area contributed by atoms with E-state index >= 15 is 0 Å². The van der Waals surface area contributed by atoms with Crippen molar-refractivity contribution in [2.75, 3.05) is 5.32 Å². The van der Waals surface area contributed by atoms with Crippen LogP contribution in [0.2, 0.25) is 5.02 Å². The van der Waals surface area contributed by atoms with Crippen molar-refractivity contribution < 1.29 is 18.0 Å². The number of hydrogen-bond acceptors (Lipinski definition) is 1. The molecule has 0 aliphatic carbocycles. The smallest absolute Gasteiger partial charge is 0.326 e. The second-order valence-corrected chi connectivity index (χ2v) is 4.07. The lowest BCUT2D eigenvalue weighted by Crippen LogP contribution is -2.12. The van der Waals surface area contributed by atoms with E-state index in [1.54, 1.807) is 6.92 Å². The highest BCUT2D eigenvalue weighted by atomic mass is 35.5. The highest BCUT2D eigenvalue weighted by molar-refractivity contribution is 6.31. The highest BCUT2D eigenvalue weighted by Gasteiger charge is 2.33. The highest BCUT2D eigenvalue weighted by Crippen LogP contribution is 2.36. The summed E-state index contributed by atoms with van der Waals surface area (Å²) < 4.78 is 37.8. The van der Waals surface area contributed by atoms with Crippen molar-refractivity contribution in [3.05, 3.63) is 28.8 Å². The number of halogens is 4. The Bertz CT molecular complexity index is 529. The lowest BCUT2D eigenvalue weighted by Gasteiger charge is -2.11. The van der Waals surface area contributed by atoms with Crippen molar-refractivity contribution in [1.82, 2.24) is 0 Å². The summed E-state index contributed by atoms with van der Waals surface area (Å²) in [6.45, 7) is 1.65. The van der Waals surface area contributed by atoms with E-state index in [1.807, 2.05) is 0 Å². The minimum Gasteiger partial charge on any atom is -0.326 e. The number of amides is 1. The molecule has 0 saturated heterocycles. The maximum Gasteiger partial charge on any atom is 0.417 e. The lowest BCUT2D eigenvalue weighted by molar-refractivity contribution is -0.137. The van der Waals surface area contributed by atoms with Gasteiger partial charge in [-0.25, -0.2) is 0 Å². The fourth-order valence-corrected chi connectivity index (χ4v) is 1.57. The molecule has 0 aliphatic heterocycles. The van der Waals surface area contributed by atoms with E-state index in [0.717, 1.165) is 12.1 Å². The number of carbonyl (C=O) groups is 1. The minimum atomic E-state index is -4.55. The van der Waals surface area contributed by atoms with Crippen molar-refractivity contribution in [3.8, 4) is 11.8 Å². The van der Waals surface area contributed by atoms with Crippen LogP contribution in [0.5, 0.6) is 0 Å². The molecular formula is C13H11ClF3NO. The van der Waals surface area contributed by atoms with Crippen LogP contribution in [0.25, 0.3) is 0 Å². The fourth-order valence-electron chi connectivity index (χ4n) is 1.34. The molecule has 1 aromatic rings. The molecule has 1 amide bonds. The van der Waals surface area contributed by atoms with E-state index in [4.69, 9.17) is 11.6 Å². The standard InChI is InChI=1S/C13H11ClF3NO/c1-2-3-4-5-12(19)18-9-6-7-11(14)10(8-9)13(15,16)17/h6-8H,4-5H2,1H3,(H,18,19). The average molecular weight is 290 g/mol. The van der Waals surface area contributed by atoms with Gasteiger partial charge in [-0.1, -0.05) is 11.6 Å². The molecule has 6 heteroatoms. The number of rotatable bonds is 3. The first-order valence-corrected chi connectivity index (χ1v) is 5.78. The van der Waals surface area contributed by atoms with Crippen LogP contribution in [0, 0.1) is 11.8 Å². The van der Waals surface area contributed by atoms with Crippen molar-refractivity contribution in [1.29, 1.82) is 0 Å². The number of benzene rings is 1. The Morgan fingerprint density at radius 1 is 1.42 bits per heavy atom. The molecule has 1 N–H and O–H groups in total. The largest absolute Gasteiger partial charge is 0.417 e. The summed E-state index contributed by atoms with van der Waals surface area (Å²) in [5.41, 5.74) is -0.911. The van der Waals surface area contributed by atoms with Crippen LogP contribution in [-0.2, 0) is 11.0 Å². The molecule has 0 radical (unpaired) electrons. The number of hydrogen-bond donors (Lipinski definition) is 1. The van der Waals surface area contributed by atoms with Gasteiger partial charge in [-0.2, -0.15) is 13.2 Å². The molecule has 0 fully saturated rings. The van der Waals surface area contributed by atoms with Crippen LogP contribution in [0.1, 0.15) is 25.3 Å². The SMILES string of the molecule is CC#CCCC(=O)Nc1ccc(Cl)c(C(F)(F)F)c1. The average Bonchev–Trinajstić information content (AvgIpc) is 2.30. The third-order valence-electron chi connectivity index (χ3n) is 2.21. The molecule has 0 unspecified atom stereocenters. The molecule has 2 nitrogen and oxygen atoms in total. The molecule has 0 bridgehead atoms. The summed E-state index contributed by atoms with van der Waals surface area (Å²) in [5, 5.41) is 1.97. The molecule has 0 spiro atoms. The monoisotopic (exact) mass is 289 g/mol. The van der Waals surface area contributed by atoms with Gasteiger partial charge in [0.2, 0.25) is 5.91 Å². The maximum atomic E-state index is 12.6. The quantitative estimate of drug-likeness (QED) is 0.834. The molecule has 0 atom stereocenters. The zero-order chi connectivity index (χ0) is 14.5. The van der Waals surface area contributed by atoms with Crippen LogP contribution in [0.3, 0.4) is 0 Å². The first-order valence-electron chi connectivity index (χ1n) is 5.41. The molecule has 1 aromatic carbocycles. The van der Waals surface area contributed by atoms with Gasteiger partial charge in [-0.05, 0) is 25.1 Å². The molecule has 0 aromatic heterocycles. The van der Waals surface area contributed by atoms with E-state index in [2.05, 4.69) is 17.2 Å². The van der Waals surface area contributed by atoms with Crippen molar-refractivity contribution in [2.24, 2.45) is 0 Å². The molecule has 1 rings (SSSR count). The Labute approximate surface area is 113 Å². The Balaban J connectivity index is 2.79. The maximum absolute atomic E-state index is 12.6. The van der Waals surface area contributed by atoms with E-state index in [-0.39, 0.29) is 12.1 Å². The topological polar surface area (TPSA) is 29.1 Å². The summed E-state index contributed by atoms with van der Waals surface area (Å²) in [5.74, 6) is 4.93. The van der Waals surface area contributed by atoms with Gasteiger partial charge >= 0.3 is 6.18 Å². The molecule has 0 aliphatic rings. The molecule has 102 valence electrons. The number of nitrogens with one attached hydrogen (secondary N) is 1. The second kappa shape index (κ2) is 6.48. The third-order valence-corrected chi connectivity index (χ3v) is 2.54.